The highest BCUT2D eigenvalue weighted by Gasteiger charge is 2.33. The van der Waals surface area contributed by atoms with Crippen LogP contribution in [0.2, 0.25) is 0 Å². The summed E-state index contributed by atoms with van der Waals surface area (Å²) >= 11 is 0. The van der Waals surface area contributed by atoms with Crippen molar-refractivity contribution in [1.29, 1.82) is 0 Å². The molecule has 2 aromatic carbocycles. The van der Waals surface area contributed by atoms with Gasteiger partial charge in [0.1, 0.15) is 12.4 Å². The molecule has 0 amide bonds. The minimum atomic E-state index is -4.76. The molecule has 0 saturated heterocycles. The number of aromatic nitrogens is 2. The van der Waals surface area contributed by atoms with Crippen LogP contribution in [0.15, 0.2) is 70.6 Å². The first-order valence-electron chi connectivity index (χ1n) is 8.11. The minimum Gasteiger partial charge on any atom is -0.489 e. The third-order valence-corrected chi connectivity index (χ3v) is 3.66. The first-order chi connectivity index (χ1) is 13.3. The molecule has 0 aliphatic carbocycles. The fourth-order valence-corrected chi connectivity index (χ4v) is 2.27. The van der Waals surface area contributed by atoms with Gasteiger partial charge in [-0.1, -0.05) is 30.3 Å². The summed E-state index contributed by atoms with van der Waals surface area (Å²) in [6.07, 6.45) is -3.47. The Labute approximate surface area is 157 Å². The third kappa shape index (κ3) is 4.76. The van der Waals surface area contributed by atoms with E-state index in [4.69, 9.17) is 10.5 Å². The Bertz CT molecular complexity index is 1030. The molecule has 1 aromatic heterocycles. The van der Waals surface area contributed by atoms with Gasteiger partial charge in [0, 0.05) is 6.07 Å². The van der Waals surface area contributed by atoms with Crippen LogP contribution in [0.5, 0.6) is 5.75 Å². The normalized spacial score (nSPS) is 11.7. The zero-order chi connectivity index (χ0) is 20.1. The van der Waals surface area contributed by atoms with E-state index < -0.39 is 23.4 Å². The van der Waals surface area contributed by atoms with Gasteiger partial charge in [-0.25, -0.2) is 4.98 Å². The molecule has 0 fully saturated rings. The van der Waals surface area contributed by atoms with Gasteiger partial charge in [0.2, 0.25) is 5.95 Å². The highest BCUT2D eigenvalue weighted by atomic mass is 19.4. The molecule has 1 heterocycles. The summed E-state index contributed by atoms with van der Waals surface area (Å²) in [5.41, 5.74) is 4.65. The van der Waals surface area contributed by atoms with Gasteiger partial charge in [-0.15, -0.1) is 0 Å². The third-order valence-electron chi connectivity index (χ3n) is 3.66. The van der Waals surface area contributed by atoms with Crippen LogP contribution in [0.4, 0.5) is 19.1 Å². The standard InChI is InChI=1S/C19H15F3N4O2/c20-19(21,22)16-10-17(27)26(18(23)25-16)24-11-13-6-8-15(9-7-13)28-12-14-4-2-1-3-5-14/h1-11H,12H2,(H2,23,25)/b24-11-. The van der Waals surface area contributed by atoms with Crippen LogP contribution in [0.25, 0.3) is 0 Å². The molecular weight excluding hydrogens is 373 g/mol. The predicted molar refractivity (Wildman–Crippen MR) is 98.1 cm³/mol. The van der Waals surface area contributed by atoms with E-state index in [0.717, 1.165) is 5.56 Å². The Morgan fingerprint density at radius 3 is 2.39 bits per heavy atom. The van der Waals surface area contributed by atoms with Gasteiger partial charge in [0.25, 0.3) is 5.56 Å². The second kappa shape index (κ2) is 7.95. The van der Waals surface area contributed by atoms with Crippen molar-refractivity contribution in [3.05, 3.63) is 87.8 Å². The zero-order valence-corrected chi connectivity index (χ0v) is 14.4. The van der Waals surface area contributed by atoms with Crippen LogP contribution in [-0.4, -0.2) is 15.9 Å². The van der Waals surface area contributed by atoms with Gasteiger partial charge < -0.3 is 10.5 Å². The number of ether oxygens (including phenoxy) is 1. The number of alkyl halides is 3. The first kappa shape index (κ1) is 19.2. The Hall–Kier alpha value is -3.62. The molecule has 0 aliphatic heterocycles. The fourth-order valence-electron chi connectivity index (χ4n) is 2.27. The molecule has 9 heteroatoms. The van der Waals surface area contributed by atoms with E-state index in [2.05, 4.69) is 10.1 Å². The molecule has 0 saturated carbocycles. The van der Waals surface area contributed by atoms with Crippen LogP contribution in [-0.2, 0) is 12.8 Å². The van der Waals surface area contributed by atoms with E-state index in [0.29, 0.717) is 28.7 Å². The van der Waals surface area contributed by atoms with Crippen molar-refractivity contribution in [2.24, 2.45) is 5.10 Å². The first-order valence-corrected chi connectivity index (χ1v) is 8.11. The van der Waals surface area contributed by atoms with Crippen molar-refractivity contribution in [3.63, 3.8) is 0 Å². The average Bonchev–Trinajstić information content (AvgIpc) is 2.66. The number of nitrogens with zero attached hydrogens (tertiary/aromatic N) is 3. The molecule has 3 aromatic rings. The van der Waals surface area contributed by atoms with Crippen molar-refractivity contribution < 1.29 is 17.9 Å². The predicted octanol–water partition coefficient (Wildman–Crippen LogP) is 3.31. The molecule has 144 valence electrons. The SMILES string of the molecule is Nc1nc(C(F)(F)F)cc(=O)n1/N=C\c1ccc(OCc2ccccc2)cc1. The summed E-state index contributed by atoms with van der Waals surface area (Å²) in [7, 11) is 0. The maximum atomic E-state index is 12.6. The molecular formula is C19H15F3N4O2. The number of benzene rings is 2. The molecule has 28 heavy (non-hydrogen) atoms. The van der Waals surface area contributed by atoms with Crippen LogP contribution in [0.1, 0.15) is 16.8 Å². The molecule has 0 bridgehead atoms. The van der Waals surface area contributed by atoms with Crippen LogP contribution < -0.4 is 16.0 Å². The monoisotopic (exact) mass is 388 g/mol. The molecule has 0 unspecified atom stereocenters. The molecule has 3 rings (SSSR count). The minimum absolute atomic E-state index is 0.341. The van der Waals surface area contributed by atoms with Crippen LogP contribution in [0.3, 0.4) is 0 Å². The number of halogens is 3. The zero-order valence-electron chi connectivity index (χ0n) is 14.4. The summed E-state index contributed by atoms with van der Waals surface area (Å²) in [4.78, 5) is 15.0. The van der Waals surface area contributed by atoms with E-state index in [9.17, 15) is 18.0 Å². The molecule has 0 spiro atoms. The van der Waals surface area contributed by atoms with Crippen LogP contribution in [0, 0.1) is 0 Å². The quantitative estimate of drug-likeness (QED) is 0.680. The number of anilines is 1. The number of nitrogen functional groups attached to an aromatic ring is 1. The van der Waals surface area contributed by atoms with Crippen molar-refractivity contribution in [3.8, 4) is 5.75 Å². The summed E-state index contributed by atoms with van der Waals surface area (Å²) in [6, 6.07) is 16.8. The largest absolute Gasteiger partial charge is 0.489 e. The van der Waals surface area contributed by atoms with Crippen molar-refractivity contribution in [2.75, 3.05) is 5.73 Å². The van der Waals surface area contributed by atoms with Crippen molar-refractivity contribution >= 4 is 12.2 Å². The van der Waals surface area contributed by atoms with Gasteiger partial charge in [0.05, 0.1) is 6.21 Å². The lowest BCUT2D eigenvalue weighted by Gasteiger charge is -2.08. The molecule has 6 nitrogen and oxygen atoms in total. The maximum absolute atomic E-state index is 12.6. The Morgan fingerprint density at radius 1 is 1.11 bits per heavy atom. The second-order valence-corrected chi connectivity index (χ2v) is 5.74. The van der Waals surface area contributed by atoms with Gasteiger partial charge in [-0.3, -0.25) is 4.79 Å². The Kier molecular flexibility index (Phi) is 5.44. The average molecular weight is 388 g/mol. The van der Waals surface area contributed by atoms with Gasteiger partial charge >= 0.3 is 6.18 Å². The van der Waals surface area contributed by atoms with Gasteiger partial charge in [-0.2, -0.15) is 22.9 Å². The van der Waals surface area contributed by atoms with E-state index in [1.54, 1.807) is 24.3 Å². The Balaban J connectivity index is 1.70. The van der Waals surface area contributed by atoms with Gasteiger partial charge in [-0.05, 0) is 35.4 Å². The number of nitrogens with two attached hydrogens (primary N) is 1. The Morgan fingerprint density at radius 2 is 1.79 bits per heavy atom. The number of hydrogen-bond acceptors (Lipinski definition) is 5. The smallest absolute Gasteiger partial charge is 0.433 e. The van der Waals surface area contributed by atoms with Crippen molar-refractivity contribution in [1.82, 2.24) is 9.66 Å². The van der Waals surface area contributed by atoms with E-state index >= 15 is 0 Å². The van der Waals surface area contributed by atoms with Crippen LogP contribution >= 0.6 is 0 Å². The number of hydrogen-bond donors (Lipinski definition) is 1. The molecule has 0 radical (unpaired) electrons. The van der Waals surface area contributed by atoms with Crippen molar-refractivity contribution in [2.45, 2.75) is 12.8 Å². The summed E-state index contributed by atoms with van der Waals surface area (Å²) in [5.74, 6) is -0.0206. The summed E-state index contributed by atoms with van der Waals surface area (Å²) in [5, 5.41) is 3.81. The summed E-state index contributed by atoms with van der Waals surface area (Å²) in [6.45, 7) is 0.414. The highest BCUT2D eigenvalue weighted by molar-refractivity contribution is 5.79. The lowest BCUT2D eigenvalue weighted by molar-refractivity contribution is -0.141. The fraction of sp³-hybridized carbons (Fsp3) is 0.105. The topological polar surface area (TPSA) is 82.5 Å². The lowest BCUT2D eigenvalue weighted by atomic mass is 10.2. The van der Waals surface area contributed by atoms with Gasteiger partial charge in [0.15, 0.2) is 5.69 Å². The molecule has 0 aliphatic rings. The number of rotatable bonds is 5. The van der Waals surface area contributed by atoms with E-state index in [-0.39, 0.29) is 0 Å². The molecule has 2 N–H and O–H groups in total. The van der Waals surface area contributed by atoms with E-state index in [1.807, 2.05) is 30.3 Å². The second-order valence-electron chi connectivity index (χ2n) is 5.74. The maximum Gasteiger partial charge on any atom is 0.433 e. The summed E-state index contributed by atoms with van der Waals surface area (Å²) < 4.78 is 44.1. The van der Waals surface area contributed by atoms with E-state index in [1.165, 1.54) is 6.21 Å². The highest BCUT2D eigenvalue weighted by Crippen LogP contribution is 2.26. The molecule has 0 atom stereocenters. The lowest BCUT2D eigenvalue weighted by Crippen LogP contribution is -2.24.